The topological polar surface area (TPSA) is 65.2 Å². The van der Waals surface area contributed by atoms with E-state index in [1.807, 2.05) is 4.90 Å². The maximum atomic E-state index is 12.3. The summed E-state index contributed by atoms with van der Waals surface area (Å²) in [6.45, 7) is 5.47. The highest BCUT2D eigenvalue weighted by Crippen LogP contribution is 2.11. The van der Waals surface area contributed by atoms with E-state index in [1.54, 1.807) is 6.07 Å². The standard InChI is InChI=1S/C12H16BrN3O2/c1-7-5-16(6-8(2)15-7)12(18)9-3-10(13)11(17)14-4-9/h3-4,7-8,15H,5-6H2,1-2H3,(H,14,17)/t7-,8+. The largest absolute Gasteiger partial charge is 0.335 e. The smallest absolute Gasteiger partial charge is 0.262 e. The summed E-state index contributed by atoms with van der Waals surface area (Å²) >= 11 is 3.14. The van der Waals surface area contributed by atoms with Crippen LogP contribution in [-0.4, -0.2) is 41.0 Å². The Bertz CT molecular complexity index is 504. The summed E-state index contributed by atoms with van der Waals surface area (Å²) in [6, 6.07) is 2.13. The van der Waals surface area contributed by atoms with Crippen LogP contribution in [0.4, 0.5) is 0 Å². The zero-order valence-corrected chi connectivity index (χ0v) is 12.0. The molecule has 2 rings (SSSR count). The van der Waals surface area contributed by atoms with Crippen LogP contribution in [0.3, 0.4) is 0 Å². The third kappa shape index (κ3) is 2.81. The molecule has 0 saturated carbocycles. The molecule has 2 heterocycles. The van der Waals surface area contributed by atoms with E-state index in [-0.39, 0.29) is 23.6 Å². The number of amides is 1. The van der Waals surface area contributed by atoms with E-state index in [4.69, 9.17) is 0 Å². The molecule has 1 aromatic heterocycles. The molecule has 6 heteroatoms. The molecule has 1 saturated heterocycles. The van der Waals surface area contributed by atoms with Gasteiger partial charge in [0.25, 0.3) is 11.5 Å². The highest BCUT2D eigenvalue weighted by Gasteiger charge is 2.25. The summed E-state index contributed by atoms with van der Waals surface area (Å²) in [4.78, 5) is 27.9. The summed E-state index contributed by atoms with van der Waals surface area (Å²) in [7, 11) is 0. The van der Waals surface area contributed by atoms with Crippen molar-refractivity contribution in [1.82, 2.24) is 15.2 Å². The van der Waals surface area contributed by atoms with Crippen LogP contribution in [0.5, 0.6) is 0 Å². The van der Waals surface area contributed by atoms with Crippen molar-refractivity contribution in [3.05, 3.63) is 32.7 Å². The van der Waals surface area contributed by atoms with E-state index in [0.717, 1.165) is 0 Å². The van der Waals surface area contributed by atoms with Crippen molar-refractivity contribution in [2.24, 2.45) is 0 Å². The van der Waals surface area contributed by atoms with E-state index in [9.17, 15) is 9.59 Å². The number of nitrogens with zero attached hydrogens (tertiary/aromatic N) is 1. The molecule has 0 radical (unpaired) electrons. The van der Waals surface area contributed by atoms with Gasteiger partial charge in [-0.05, 0) is 35.8 Å². The van der Waals surface area contributed by atoms with E-state index in [0.29, 0.717) is 23.1 Å². The molecule has 18 heavy (non-hydrogen) atoms. The third-order valence-electron chi connectivity index (χ3n) is 2.95. The number of carbonyl (C=O) groups is 1. The molecular weight excluding hydrogens is 298 g/mol. The van der Waals surface area contributed by atoms with Gasteiger partial charge in [-0.1, -0.05) is 0 Å². The quantitative estimate of drug-likeness (QED) is 0.811. The predicted molar refractivity (Wildman–Crippen MR) is 72.7 cm³/mol. The van der Waals surface area contributed by atoms with Gasteiger partial charge in [0.2, 0.25) is 0 Å². The van der Waals surface area contributed by atoms with Gasteiger partial charge in [0.15, 0.2) is 0 Å². The molecule has 0 aliphatic carbocycles. The Balaban J connectivity index is 2.20. The normalized spacial score (nSPS) is 24.1. The minimum absolute atomic E-state index is 0.0489. The molecule has 0 unspecified atom stereocenters. The first-order valence-corrected chi connectivity index (χ1v) is 6.70. The Morgan fingerprint density at radius 3 is 2.56 bits per heavy atom. The number of H-pyrrole nitrogens is 1. The molecule has 2 atom stereocenters. The lowest BCUT2D eigenvalue weighted by Crippen LogP contribution is -2.55. The molecular formula is C12H16BrN3O2. The highest BCUT2D eigenvalue weighted by molar-refractivity contribution is 9.10. The van der Waals surface area contributed by atoms with Crippen LogP contribution in [0.1, 0.15) is 24.2 Å². The summed E-state index contributed by atoms with van der Waals surface area (Å²) < 4.78 is 0.379. The lowest BCUT2D eigenvalue weighted by molar-refractivity contribution is 0.0673. The molecule has 2 N–H and O–H groups in total. The molecule has 1 aliphatic heterocycles. The number of nitrogens with one attached hydrogen (secondary N) is 2. The van der Waals surface area contributed by atoms with Gasteiger partial charge in [0, 0.05) is 31.4 Å². The van der Waals surface area contributed by atoms with Crippen LogP contribution in [0, 0.1) is 0 Å². The second-order valence-corrected chi connectivity index (χ2v) is 5.60. The Kier molecular flexibility index (Phi) is 3.87. The maximum Gasteiger partial charge on any atom is 0.262 e. The van der Waals surface area contributed by atoms with E-state index < -0.39 is 0 Å². The van der Waals surface area contributed by atoms with Crippen LogP contribution in [0.25, 0.3) is 0 Å². The molecule has 1 aromatic rings. The second-order valence-electron chi connectivity index (χ2n) is 4.74. The third-order valence-corrected chi connectivity index (χ3v) is 3.54. The number of halogens is 1. The van der Waals surface area contributed by atoms with Gasteiger partial charge >= 0.3 is 0 Å². The van der Waals surface area contributed by atoms with Crippen LogP contribution >= 0.6 is 15.9 Å². The zero-order valence-electron chi connectivity index (χ0n) is 10.4. The molecule has 1 aliphatic rings. The fourth-order valence-electron chi connectivity index (χ4n) is 2.25. The summed E-state index contributed by atoms with van der Waals surface area (Å²) in [5.41, 5.74) is 0.274. The lowest BCUT2D eigenvalue weighted by atomic mass is 10.1. The first kappa shape index (κ1) is 13.3. The van der Waals surface area contributed by atoms with Gasteiger partial charge in [-0.15, -0.1) is 0 Å². The lowest BCUT2D eigenvalue weighted by Gasteiger charge is -2.36. The Labute approximate surface area is 114 Å². The Hall–Kier alpha value is -1.14. The van der Waals surface area contributed by atoms with Gasteiger partial charge in [0.1, 0.15) is 0 Å². The zero-order chi connectivity index (χ0) is 13.3. The number of hydrogen-bond donors (Lipinski definition) is 2. The number of aromatic nitrogens is 1. The van der Waals surface area contributed by atoms with Gasteiger partial charge in [-0.25, -0.2) is 0 Å². The van der Waals surface area contributed by atoms with Crippen molar-refractivity contribution in [1.29, 1.82) is 0 Å². The number of carbonyl (C=O) groups excluding carboxylic acids is 1. The average Bonchev–Trinajstić information content (AvgIpc) is 2.30. The predicted octanol–water partition coefficient (Wildman–Crippen LogP) is 0.960. The molecule has 0 aromatic carbocycles. The van der Waals surface area contributed by atoms with E-state index >= 15 is 0 Å². The number of aromatic amines is 1. The van der Waals surface area contributed by atoms with Crippen molar-refractivity contribution in [2.75, 3.05) is 13.1 Å². The Morgan fingerprint density at radius 1 is 1.39 bits per heavy atom. The maximum absolute atomic E-state index is 12.3. The summed E-state index contributed by atoms with van der Waals surface area (Å²) in [6.07, 6.45) is 1.47. The first-order valence-electron chi connectivity index (χ1n) is 5.91. The minimum atomic E-state index is -0.228. The number of piperazine rings is 1. The molecule has 1 amide bonds. The van der Waals surface area contributed by atoms with Gasteiger partial charge in [-0.3, -0.25) is 9.59 Å². The van der Waals surface area contributed by atoms with Gasteiger partial charge in [0.05, 0.1) is 10.0 Å². The van der Waals surface area contributed by atoms with Gasteiger partial charge < -0.3 is 15.2 Å². The minimum Gasteiger partial charge on any atom is -0.335 e. The van der Waals surface area contributed by atoms with Crippen molar-refractivity contribution in [3.8, 4) is 0 Å². The van der Waals surface area contributed by atoms with Crippen molar-refractivity contribution < 1.29 is 4.79 Å². The fourth-order valence-corrected chi connectivity index (χ4v) is 2.62. The molecule has 1 fully saturated rings. The number of pyridine rings is 1. The SMILES string of the molecule is C[C@@H]1CN(C(=O)c2c[nH]c(=O)c(Br)c2)C[C@H](C)N1. The summed E-state index contributed by atoms with van der Waals surface area (Å²) in [5.74, 6) is -0.0489. The Morgan fingerprint density at radius 2 is 2.00 bits per heavy atom. The van der Waals surface area contributed by atoms with Gasteiger partial charge in [-0.2, -0.15) is 0 Å². The first-order chi connectivity index (χ1) is 8.47. The van der Waals surface area contributed by atoms with Crippen LogP contribution in [0.15, 0.2) is 21.5 Å². The molecule has 0 bridgehead atoms. The fraction of sp³-hybridized carbons (Fsp3) is 0.500. The van der Waals surface area contributed by atoms with Crippen LogP contribution < -0.4 is 10.9 Å². The van der Waals surface area contributed by atoms with Crippen molar-refractivity contribution >= 4 is 21.8 Å². The monoisotopic (exact) mass is 313 g/mol. The van der Waals surface area contributed by atoms with Crippen molar-refractivity contribution in [3.63, 3.8) is 0 Å². The highest BCUT2D eigenvalue weighted by atomic mass is 79.9. The van der Waals surface area contributed by atoms with Crippen LogP contribution in [-0.2, 0) is 0 Å². The van der Waals surface area contributed by atoms with E-state index in [2.05, 4.69) is 40.1 Å². The molecule has 0 spiro atoms. The second kappa shape index (κ2) is 5.24. The number of rotatable bonds is 1. The number of hydrogen-bond acceptors (Lipinski definition) is 3. The van der Waals surface area contributed by atoms with Crippen molar-refractivity contribution in [2.45, 2.75) is 25.9 Å². The molecule has 5 nitrogen and oxygen atoms in total. The van der Waals surface area contributed by atoms with E-state index in [1.165, 1.54) is 6.20 Å². The summed E-state index contributed by atoms with van der Waals surface area (Å²) in [5, 5.41) is 3.38. The average molecular weight is 314 g/mol. The van der Waals surface area contributed by atoms with Crippen LogP contribution in [0.2, 0.25) is 0 Å². The molecule has 98 valence electrons.